The molecule has 104 valence electrons. The highest BCUT2D eigenvalue weighted by Gasteiger charge is 2.13. The number of amides is 1. The molecule has 1 heterocycles. The monoisotopic (exact) mass is 290 g/mol. The van der Waals surface area contributed by atoms with E-state index >= 15 is 0 Å². The summed E-state index contributed by atoms with van der Waals surface area (Å²) in [5.74, 6) is 0.332. The van der Waals surface area contributed by atoms with E-state index in [4.69, 9.17) is 17.3 Å². The van der Waals surface area contributed by atoms with E-state index in [1.165, 1.54) is 6.92 Å². The first kappa shape index (κ1) is 14.3. The maximum Gasteiger partial charge on any atom is 0.231 e. The van der Waals surface area contributed by atoms with Crippen LogP contribution in [0.2, 0.25) is 5.02 Å². The summed E-state index contributed by atoms with van der Waals surface area (Å²) in [6.45, 7) is 3.37. The number of nitrogens with two attached hydrogens (primary N) is 1. The Kier molecular flexibility index (Phi) is 4.20. The van der Waals surface area contributed by atoms with Crippen LogP contribution in [0.25, 0.3) is 11.1 Å². The molecule has 0 aliphatic heterocycles. The van der Waals surface area contributed by atoms with Gasteiger partial charge in [0.15, 0.2) is 0 Å². The summed E-state index contributed by atoms with van der Waals surface area (Å²) in [5, 5.41) is 3.20. The van der Waals surface area contributed by atoms with Crippen molar-refractivity contribution >= 4 is 29.3 Å². The lowest BCUT2D eigenvalue weighted by atomic mass is 10.0. The molecule has 20 heavy (non-hydrogen) atoms. The molecule has 0 saturated heterocycles. The van der Waals surface area contributed by atoms with Crippen LogP contribution in [-0.4, -0.2) is 15.9 Å². The molecule has 0 atom stereocenters. The number of aryl methyl sites for hydroxylation is 1. The third-order valence-electron chi connectivity index (χ3n) is 2.77. The van der Waals surface area contributed by atoms with Crippen molar-refractivity contribution in [3.63, 3.8) is 0 Å². The quantitative estimate of drug-likeness (QED) is 0.911. The maximum absolute atomic E-state index is 11.1. The minimum absolute atomic E-state index is 0.226. The van der Waals surface area contributed by atoms with Crippen molar-refractivity contribution in [3.05, 3.63) is 35.0 Å². The largest absolute Gasteiger partial charge is 0.383 e. The second kappa shape index (κ2) is 5.88. The van der Waals surface area contributed by atoms with Crippen molar-refractivity contribution in [2.75, 3.05) is 11.1 Å². The van der Waals surface area contributed by atoms with Crippen LogP contribution < -0.4 is 11.1 Å². The first-order chi connectivity index (χ1) is 9.51. The van der Waals surface area contributed by atoms with Crippen LogP contribution in [0.1, 0.15) is 19.5 Å². The average molecular weight is 291 g/mol. The number of nitrogens with zero attached hydrogens (tertiary/aromatic N) is 2. The van der Waals surface area contributed by atoms with Gasteiger partial charge in [-0.3, -0.25) is 10.1 Å². The summed E-state index contributed by atoms with van der Waals surface area (Å²) >= 11 is 5.89. The van der Waals surface area contributed by atoms with Gasteiger partial charge in [-0.2, -0.15) is 4.98 Å². The Morgan fingerprint density at radius 3 is 2.50 bits per heavy atom. The highest BCUT2D eigenvalue weighted by Crippen LogP contribution is 2.29. The molecular formula is C14H15ClN4O. The first-order valence-corrected chi connectivity index (χ1v) is 6.59. The number of halogens is 1. The van der Waals surface area contributed by atoms with Gasteiger partial charge in [-0.25, -0.2) is 4.98 Å². The molecule has 5 nitrogen and oxygen atoms in total. The van der Waals surface area contributed by atoms with Crippen LogP contribution in [0.4, 0.5) is 11.8 Å². The molecule has 0 spiro atoms. The number of nitrogen functional groups attached to an aromatic ring is 1. The van der Waals surface area contributed by atoms with E-state index < -0.39 is 0 Å². The highest BCUT2D eigenvalue weighted by atomic mass is 35.5. The van der Waals surface area contributed by atoms with E-state index in [9.17, 15) is 4.79 Å². The summed E-state index contributed by atoms with van der Waals surface area (Å²) in [6.07, 6.45) is 0.678. The van der Waals surface area contributed by atoms with Gasteiger partial charge < -0.3 is 5.73 Å². The summed E-state index contributed by atoms with van der Waals surface area (Å²) in [4.78, 5) is 19.5. The Hall–Kier alpha value is -2.14. The lowest BCUT2D eigenvalue weighted by molar-refractivity contribution is -0.114. The van der Waals surface area contributed by atoms with Gasteiger partial charge in [0.1, 0.15) is 5.82 Å². The van der Waals surface area contributed by atoms with Gasteiger partial charge in [-0.15, -0.1) is 0 Å². The molecule has 3 N–H and O–H groups in total. The first-order valence-electron chi connectivity index (χ1n) is 6.21. The standard InChI is InChI=1S/C14H15ClN4O/c1-3-11-12(9-4-6-10(15)7-5-9)13(16)19-14(18-11)17-8(2)20/h4-7H,3H2,1-2H3,(H3,16,17,18,19,20). The van der Waals surface area contributed by atoms with E-state index in [1.54, 1.807) is 12.1 Å². The zero-order chi connectivity index (χ0) is 14.7. The second-order valence-corrected chi connectivity index (χ2v) is 4.73. The van der Waals surface area contributed by atoms with Gasteiger partial charge in [0.2, 0.25) is 11.9 Å². The molecule has 1 aromatic carbocycles. The molecular weight excluding hydrogens is 276 g/mol. The van der Waals surface area contributed by atoms with Gasteiger partial charge in [0, 0.05) is 17.5 Å². The highest BCUT2D eigenvalue weighted by molar-refractivity contribution is 6.30. The molecule has 6 heteroatoms. The number of benzene rings is 1. The van der Waals surface area contributed by atoms with E-state index in [-0.39, 0.29) is 11.9 Å². The fourth-order valence-corrected chi connectivity index (χ4v) is 2.05. The molecule has 0 unspecified atom stereocenters. The summed E-state index contributed by atoms with van der Waals surface area (Å²) in [7, 11) is 0. The van der Waals surface area contributed by atoms with Crippen molar-refractivity contribution < 1.29 is 4.79 Å². The number of carbonyl (C=O) groups is 1. The van der Waals surface area contributed by atoms with Crippen LogP contribution >= 0.6 is 11.6 Å². The van der Waals surface area contributed by atoms with Crippen LogP contribution in [0.5, 0.6) is 0 Å². The second-order valence-electron chi connectivity index (χ2n) is 4.30. The summed E-state index contributed by atoms with van der Waals surface area (Å²) in [6, 6.07) is 7.32. The molecule has 0 fully saturated rings. The predicted octanol–water partition coefficient (Wildman–Crippen LogP) is 2.90. The van der Waals surface area contributed by atoms with Crippen LogP contribution in [0.15, 0.2) is 24.3 Å². The van der Waals surface area contributed by atoms with E-state index in [0.29, 0.717) is 17.3 Å². The van der Waals surface area contributed by atoms with Gasteiger partial charge in [-0.1, -0.05) is 30.7 Å². The number of aromatic nitrogens is 2. The molecule has 2 aromatic rings. The normalized spacial score (nSPS) is 10.3. The SMILES string of the molecule is CCc1nc(NC(C)=O)nc(N)c1-c1ccc(Cl)cc1. The van der Waals surface area contributed by atoms with E-state index in [2.05, 4.69) is 15.3 Å². The van der Waals surface area contributed by atoms with Crippen molar-refractivity contribution in [3.8, 4) is 11.1 Å². The number of carbonyl (C=O) groups excluding carboxylic acids is 1. The molecule has 0 radical (unpaired) electrons. The van der Waals surface area contributed by atoms with Gasteiger partial charge >= 0.3 is 0 Å². The predicted molar refractivity (Wildman–Crippen MR) is 80.6 cm³/mol. The molecule has 1 amide bonds. The fourth-order valence-electron chi connectivity index (χ4n) is 1.93. The van der Waals surface area contributed by atoms with Gasteiger partial charge in [-0.05, 0) is 24.1 Å². The Labute approximate surface area is 122 Å². The maximum atomic E-state index is 11.1. The summed E-state index contributed by atoms with van der Waals surface area (Å²) < 4.78 is 0. The van der Waals surface area contributed by atoms with E-state index in [1.807, 2.05) is 19.1 Å². The van der Waals surface area contributed by atoms with Crippen molar-refractivity contribution in [1.82, 2.24) is 9.97 Å². The lowest BCUT2D eigenvalue weighted by Crippen LogP contribution is -2.12. The minimum atomic E-state index is -0.231. The third kappa shape index (κ3) is 3.05. The fraction of sp³-hybridized carbons (Fsp3) is 0.214. The Balaban J connectivity index is 2.52. The van der Waals surface area contributed by atoms with Crippen LogP contribution in [-0.2, 0) is 11.2 Å². The van der Waals surface area contributed by atoms with Gasteiger partial charge in [0.25, 0.3) is 0 Å². The molecule has 0 bridgehead atoms. The minimum Gasteiger partial charge on any atom is -0.383 e. The van der Waals surface area contributed by atoms with Crippen LogP contribution in [0.3, 0.4) is 0 Å². The zero-order valence-corrected chi connectivity index (χ0v) is 12.0. The molecule has 1 aromatic heterocycles. The third-order valence-corrected chi connectivity index (χ3v) is 3.02. The molecule has 2 rings (SSSR count). The zero-order valence-electron chi connectivity index (χ0n) is 11.3. The number of hydrogen-bond donors (Lipinski definition) is 2. The topological polar surface area (TPSA) is 80.9 Å². The Morgan fingerprint density at radius 2 is 1.95 bits per heavy atom. The number of nitrogens with one attached hydrogen (secondary N) is 1. The summed E-state index contributed by atoms with van der Waals surface area (Å²) in [5.41, 5.74) is 8.47. The van der Waals surface area contributed by atoms with Gasteiger partial charge in [0.05, 0.1) is 5.69 Å². The average Bonchev–Trinajstić information content (AvgIpc) is 2.39. The number of rotatable bonds is 3. The Morgan fingerprint density at radius 1 is 1.30 bits per heavy atom. The van der Waals surface area contributed by atoms with Crippen molar-refractivity contribution in [2.45, 2.75) is 20.3 Å². The molecule has 0 saturated carbocycles. The van der Waals surface area contributed by atoms with Crippen LogP contribution in [0, 0.1) is 0 Å². The molecule has 0 aliphatic rings. The Bertz CT molecular complexity index is 640. The van der Waals surface area contributed by atoms with Crippen molar-refractivity contribution in [2.24, 2.45) is 0 Å². The number of anilines is 2. The smallest absolute Gasteiger partial charge is 0.231 e. The van der Waals surface area contributed by atoms with Crippen molar-refractivity contribution in [1.29, 1.82) is 0 Å². The van der Waals surface area contributed by atoms with E-state index in [0.717, 1.165) is 16.8 Å². The lowest BCUT2D eigenvalue weighted by Gasteiger charge is -2.12. The number of hydrogen-bond acceptors (Lipinski definition) is 4. The molecule has 0 aliphatic carbocycles.